The normalized spacial score (nSPS) is 9.71. The maximum Gasteiger partial charge on any atom is 0.144 e. The highest BCUT2D eigenvalue weighted by Gasteiger charge is 2.07. The van der Waals surface area contributed by atoms with Crippen LogP contribution in [0.15, 0.2) is 23.1 Å². The predicted molar refractivity (Wildman–Crippen MR) is 47.0 cm³/mol. The van der Waals surface area contributed by atoms with Gasteiger partial charge in [0, 0.05) is 6.07 Å². The summed E-state index contributed by atoms with van der Waals surface area (Å²) in [6.07, 6.45) is 2.92. The predicted octanol–water partition coefficient (Wildman–Crippen LogP) is 1.31. The minimum absolute atomic E-state index is 0.329. The Morgan fingerprint density at radius 2 is 2.29 bits per heavy atom. The van der Waals surface area contributed by atoms with Crippen LogP contribution >= 0.6 is 0 Å². The van der Waals surface area contributed by atoms with Gasteiger partial charge in [-0.15, -0.1) is 0 Å². The van der Waals surface area contributed by atoms with E-state index in [0.29, 0.717) is 17.1 Å². The first-order chi connectivity index (χ1) is 6.81. The summed E-state index contributed by atoms with van der Waals surface area (Å²) in [6, 6.07) is 3.54. The molecule has 0 N–H and O–H groups in total. The molecule has 0 amide bonds. The van der Waals surface area contributed by atoms with Gasteiger partial charge in [-0.2, -0.15) is 5.26 Å². The summed E-state index contributed by atoms with van der Waals surface area (Å²) in [7, 11) is 0. The zero-order chi connectivity index (χ0) is 9.97. The van der Waals surface area contributed by atoms with E-state index in [0.717, 1.165) is 5.56 Å². The smallest absolute Gasteiger partial charge is 0.144 e. The van der Waals surface area contributed by atoms with Crippen LogP contribution < -0.4 is 0 Å². The highest BCUT2D eigenvalue weighted by molar-refractivity contribution is 5.60. The number of aromatic nitrogens is 3. The van der Waals surface area contributed by atoms with Crippen molar-refractivity contribution in [3.8, 4) is 17.3 Å². The number of hydrogen-bond donors (Lipinski definition) is 0. The van der Waals surface area contributed by atoms with Gasteiger partial charge in [-0.1, -0.05) is 5.16 Å². The van der Waals surface area contributed by atoms with Crippen LogP contribution in [0.4, 0.5) is 0 Å². The Hall–Kier alpha value is -2.22. The van der Waals surface area contributed by atoms with Gasteiger partial charge >= 0.3 is 0 Å². The highest BCUT2D eigenvalue weighted by Crippen LogP contribution is 2.20. The molecule has 0 unspecified atom stereocenters. The summed E-state index contributed by atoms with van der Waals surface area (Å²) in [5.74, 6) is 0.674. The van der Waals surface area contributed by atoms with Crippen molar-refractivity contribution in [2.45, 2.75) is 6.92 Å². The number of nitriles is 1. The Balaban J connectivity index is 2.53. The molecule has 0 spiro atoms. The molecular formula is C9H6N4O. The summed E-state index contributed by atoms with van der Waals surface area (Å²) in [6.45, 7) is 1.79. The summed E-state index contributed by atoms with van der Waals surface area (Å²) in [4.78, 5) is 7.80. The van der Waals surface area contributed by atoms with E-state index in [2.05, 4.69) is 15.1 Å². The molecule has 0 aromatic carbocycles. The van der Waals surface area contributed by atoms with Gasteiger partial charge in [0.1, 0.15) is 23.9 Å². The second-order valence-corrected chi connectivity index (χ2v) is 2.70. The average molecular weight is 186 g/mol. The van der Waals surface area contributed by atoms with E-state index in [4.69, 9.17) is 9.78 Å². The topological polar surface area (TPSA) is 75.6 Å². The van der Waals surface area contributed by atoms with Crippen LogP contribution in [-0.4, -0.2) is 15.1 Å². The minimum atomic E-state index is 0.329. The van der Waals surface area contributed by atoms with Crippen LogP contribution in [0.2, 0.25) is 0 Å². The van der Waals surface area contributed by atoms with Gasteiger partial charge < -0.3 is 4.52 Å². The molecule has 14 heavy (non-hydrogen) atoms. The van der Waals surface area contributed by atoms with E-state index < -0.39 is 0 Å². The molecule has 0 saturated heterocycles. The van der Waals surface area contributed by atoms with E-state index in [9.17, 15) is 0 Å². The van der Waals surface area contributed by atoms with Crippen LogP contribution in [-0.2, 0) is 0 Å². The molecule has 2 rings (SSSR count). The Morgan fingerprint density at radius 3 is 2.93 bits per heavy atom. The first kappa shape index (κ1) is 8.38. The minimum Gasteiger partial charge on any atom is -0.361 e. The zero-order valence-corrected chi connectivity index (χ0v) is 7.43. The molecule has 0 radical (unpaired) electrons. The molecule has 0 aliphatic heterocycles. The molecule has 2 heterocycles. The molecular weight excluding hydrogens is 180 g/mol. The van der Waals surface area contributed by atoms with E-state index in [1.807, 2.05) is 6.07 Å². The van der Waals surface area contributed by atoms with Crippen LogP contribution in [0, 0.1) is 18.3 Å². The number of hydrogen-bond acceptors (Lipinski definition) is 5. The molecule has 0 saturated carbocycles. The average Bonchev–Trinajstić information content (AvgIpc) is 2.65. The molecule has 2 aromatic rings. The first-order valence-corrected chi connectivity index (χ1v) is 3.95. The molecule has 68 valence electrons. The third-order valence-corrected chi connectivity index (χ3v) is 1.81. The molecule has 0 atom stereocenters. The van der Waals surface area contributed by atoms with Gasteiger partial charge in [-0.3, -0.25) is 0 Å². The Labute approximate surface area is 80.0 Å². The number of rotatable bonds is 1. The van der Waals surface area contributed by atoms with Gasteiger partial charge in [-0.25, -0.2) is 9.97 Å². The molecule has 5 heteroatoms. The van der Waals surface area contributed by atoms with Crippen LogP contribution in [0.3, 0.4) is 0 Å². The fourth-order valence-electron chi connectivity index (χ4n) is 1.11. The quantitative estimate of drug-likeness (QED) is 0.671. The van der Waals surface area contributed by atoms with Crippen LogP contribution in [0.5, 0.6) is 0 Å². The standard InChI is InChI=1S/C9H6N4O/c1-6-8(4-13-14-6)9-2-7(3-10)11-5-12-9/h2,4-5H,1H3. The van der Waals surface area contributed by atoms with Gasteiger partial charge in [0.05, 0.1) is 17.5 Å². The van der Waals surface area contributed by atoms with Crippen molar-refractivity contribution in [1.29, 1.82) is 5.26 Å². The summed E-state index contributed by atoms with van der Waals surface area (Å²) in [5, 5.41) is 12.3. The van der Waals surface area contributed by atoms with Crippen molar-refractivity contribution in [2.75, 3.05) is 0 Å². The lowest BCUT2D eigenvalue weighted by Gasteiger charge is -1.95. The third kappa shape index (κ3) is 1.33. The Kier molecular flexibility index (Phi) is 1.95. The summed E-state index contributed by atoms with van der Waals surface area (Å²) < 4.78 is 4.90. The lowest BCUT2D eigenvalue weighted by Crippen LogP contribution is -1.88. The molecule has 0 fully saturated rings. The Bertz CT molecular complexity index is 498. The van der Waals surface area contributed by atoms with Gasteiger partial charge in [0.15, 0.2) is 0 Å². The van der Waals surface area contributed by atoms with E-state index in [1.165, 1.54) is 6.33 Å². The van der Waals surface area contributed by atoms with Crippen molar-refractivity contribution in [3.63, 3.8) is 0 Å². The fourth-order valence-corrected chi connectivity index (χ4v) is 1.11. The van der Waals surface area contributed by atoms with Crippen molar-refractivity contribution in [1.82, 2.24) is 15.1 Å². The highest BCUT2D eigenvalue weighted by atomic mass is 16.5. The maximum atomic E-state index is 8.65. The lowest BCUT2D eigenvalue weighted by molar-refractivity contribution is 0.398. The van der Waals surface area contributed by atoms with Crippen molar-refractivity contribution < 1.29 is 4.52 Å². The first-order valence-electron chi connectivity index (χ1n) is 3.95. The SMILES string of the molecule is Cc1oncc1-c1cc(C#N)ncn1. The van der Waals surface area contributed by atoms with E-state index >= 15 is 0 Å². The van der Waals surface area contributed by atoms with Crippen LogP contribution in [0.25, 0.3) is 11.3 Å². The second kappa shape index (κ2) is 3.26. The monoisotopic (exact) mass is 186 g/mol. The molecule has 0 bridgehead atoms. The van der Waals surface area contributed by atoms with Crippen molar-refractivity contribution in [3.05, 3.63) is 30.0 Å². The van der Waals surface area contributed by atoms with Gasteiger partial charge in [0.25, 0.3) is 0 Å². The molecule has 0 aliphatic rings. The molecule has 5 nitrogen and oxygen atoms in total. The van der Waals surface area contributed by atoms with Gasteiger partial charge in [0.2, 0.25) is 0 Å². The largest absolute Gasteiger partial charge is 0.361 e. The van der Waals surface area contributed by atoms with Crippen molar-refractivity contribution >= 4 is 0 Å². The van der Waals surface area contributed by atoms with E-state index in [-0.39, 0.29) is 0 Å². The fraction of sp³-hybridized carbons (Fsp3) is 0.111. The Morgan fingerprint density at radius 1 is 1.43 bits per heavy atom. The molecule has 2 aromatic heterocycles. The molecule has 0 aliphatic carbocycles. The summed E-state index contributed by atoms with van der Waals surface area (Å²) >= 11 is 0. The summed E-state index contributed by atoms with van der Waals surface area (Å²) in [5.41, 5.74) is 1.76. The van der Waals surface area contributed by atoms with Gasteiger partial charge in [-0.05, 0) is 6.92 Å². The van der Waals surface area contributed by atoms with Crippen molar-refractivity contribution in [2.24, 2.45) is 0 Å². The second-order valence-electron chi connectivity index (χ2n) is 2.70. The van der Waals surface area contributed by atoms with Crippen LogP contribution in [0.1, 0.15) is 11.5 Å². The third-order valence-electron chi connectivity index (χ3n) is 1.81. The zero-order valence-electron chi connectivity index (χ0n) is 7.43. The lowest BCUT2D eigenvalue weighted by atomic mass is 10.2. The van der Waals surface area contributed by atoms with E-state index in [1.54, 1.807) is 19.2 Å². The number of nitrogens with zero attached hydrogens (tertiary/aromatic N) is 4. The maximum absolute atomic E-state index is 8.65. The number of aryl methyl sites for hydroxylation is 1.